The number of likely N-dealkylation sites (N-methyl/N-ethyl adjacent to an activating group) is 1. The van der Waals surface area contributed by atoms with Gasteiger partial charge in [0.05, 0.1) is 5.92 Å². The quantitative estimate of drug-likeness (QED) is 0.905. The van der Waals surface area contributed by atoms with E-state index in [4.69, 9.17) is 0 Å². The number of amides is 1. The SMILES string of the molecule is CN1CCC(N(C)C(=O)C2CCNc3ccccc32)CC1. The molecule has 0 bridgehead atoms. The van der Waals surface area contributed by atoms with Crippen molar-refractivity contribution in [1.82, 2.24) is 9.80 Å². The molecule has 21 heavy (non-hydrogen) atoms. The third-order valence-corrected chi connectivity index (χ3v) is 4.97. The molecule has 2 aliphatic rings. The van der Waals surface area contributed by atoms with E-state index in [1.54, 1.807) is 0 Å². The van der Waals surface area contributed by atoms with E-state index in [0.29, 0.717) is 11.9 Å². The topological polar surface area (TPSA) is 35.6 Å². The van der Waals surface area contributed by atoms with E-state index >= 15 is 0 Å². The Balaban J connectivity index is 1.73. The first-order valence-corrected chi connectivity index (χ1v) is 7.95. The fourth-order valence-electron chi connectivity index (χ4n) is 3.53. The molecule has 3 rings (SSSR count). The van der Waals surface area contributed by atoms with E-state index in [-0.39, 0.29) is 5.92 Å². The van der Waals surface area contributed by atoms with Crippen LogP contribution in [0.2, 0.25) is 0 Å². The number of nitrogens with zero attached hydrogens (tertiary/aromatic N) is 2. The molecule has 114 valence electrons. The minimum Gasteiger partial charge on any atom is -0.385 e. The van der Waals surface area contributed by atoms with Crippen LogP contribution >= 0.6 is 0 Å². The number of hydrogen-bond donors (Lipinski definition) is 1. The summed E-state index contributed by atoms with van der Waals surface area (Å²) in [6.45, 7) is 3.06. The summed E-state index contributed by atoms with van der Waals surface area (Å²) in [7, 11) is 4.14. The summed E-state index contributed by atoms with van der Waals surface area (Å²) in [5.74, 6) is 0.311. The molecule has 0 aliphatic carbocycles. The zero-order valence-electron chi connectivity index (χ0n) is 13.0. The molecule has 0 aromatic heterocycles. The monoisotopic (exact) mass is 287 g/mol. The molecule has 4 heteroatoms. The largest absolute Gasteiger partial charge is 0.385 e. The van der Waals surface area contributed by atoms with Gasteiger partial charge in [0.2, 0.25) is 5.91 Å². The van der Waals surface area contributed by atoms with Crippen molar-refractivity contribution in [2.45, 2.75) is 31.2 Å². The van der Waals surface area contributed by atoms with Gasteiger partial charge in [-0.05, 0) is 51.0 Å². The number of anilines is 1. The van der Waals surface area contributed by atoms with E-state index in [9.17, 15) is 4.79 Å². The Morgan fingerprint density at radius 3 is 2.71 bits per heavy atom. The summed E-state index contributed by atoms with van der Waals surface area (Å²) in [4.78, 5) is 17.3. The fraction of sp³-hybridized carbons (Fsp3) is 0.588. The molecule has 4 nitrogen and oxygen atoms in total. The van der Waals surface area contributed by atoms with Gasteiger partial charge in [0, 0.05) is 25.3 Å². The van der Waals surface area contributed by atoms with Crippen LogP contribution < -0.4 is 5.32 Å². The molecule has 1 N–H and O–H groups in total. The molecular weight excluding hydrogens is 262 g/mol. The molecule has 2 heterocycles. The zero-order chi connectivity index (χ0) is 14.8. The minimum atomic E-state index is 0.0205. The second-order valence-electron chi connectivity index (χ2n) is 6.34. The number of nitrogens with one attached hydrogen (secondary N) is 1. The van der Waals surface area contributed by atoms with Gasteiger partial charge >= 0.3 is 0 Å². The van der Waals surface area contributed by atoms with Crippen LogP contribution in [0.15, 0.2) is 24.3 Å². The number of para-hydroxylation sites is 1. The molecule has 0 spiro atoms. The van der Waals surface area contributed by atoms with Crippen LogP contribution in [-0.4, -0.2) is 55.5 Å². The Labute approximate surface area is 127 Å². The van der Waals surface area contributed by atoms with Crippen molar-refractivity contribution < 1.29 is 4.79 Å². The highest BCUT2D eigenvalue weighted by atomic mass is 16.2. The van der Waals surface area contributed by atoms with Crippen molar-refractivity contribution in [3.63, 3.8) is 0 Å². The smallest absolute Gasteiger partial charge is 0.230 e. The minimum absolute atomic E-state index is 0.0205. The highest BCUT2D eigenvalue weighted by molar-refractivity contribution is 5.86. The van der Waals surface area contributed by atoms with Gasteiger partial charge in [0.15, 0.2) is 0 Å². The predicted molar refractivity (Wildman–Crippen MR) is 85.6 cm³/mol. The van der Waals surface area contributed by atoms with E-state index in [1.807, 2.05) is 24.1 Å². The molecule has 0 saturated carbocycles. The lowest BCUT2D eigenvalue weighted by atomic mass is 9.89. The summed E-state index contributed by atoms with van der Waals surface area (Å²) in [6.07, 6.45) is 3.07. The van der Waals surface area contributed by atoms with E-state index in [1.165, 1.54) is 0 Å². The van der Waals surface area contributed by atoms with Crippen LogP contribution in [-0.2, 0) is 4.79 Å². The third kappa shape index (κ3) is 2.91. The molecule has 1 fully saturated rings. The van der Waals surface area contributed by atoms with Gasteiger partial charge < -0.3 is 15.1 Å². The summed E-state index contributed by atoms with van der Waals surface area (Å²) in [5.41, 5.74) is 2.28. The molecule has 1 aromatic rings. The van der Waals surface area contributed by atoms with E-state index < -0.39 is 0 Å². The normalized spacial score (nSPS) is 23.2. The third-order valence-electron chi connectivity index (χ3n) is 4.97. The van der Waals surface area contributed by atoms with Crippen LogP contribution in [0.5, 0.6) is 0 Å². The van der Waals surface area contributed by atoms with Crippen molar-refractivity contribution in [2.75, 3.05) is 39.0 Å². The lowest BCUT2D eigenvalue weighted by Crippen LogP contribution is -2.46. The predicted octanol–water partition coefficient (Wildman–Crippen LogP) is 2.14. The molecule has 1 aromatic carbocycles. The first kappa shape index (κ1) is 14.4. The number of hydrogen-bond acceptors (Lipinski definition) is 3. The number of piperidine rings is 1. The molecule has 0 radical (unpaired) electrons. The van der Waals surface area contributed by atoms with Gasteiger partial charge in [-0.25, -0.2) is 0 Å². The zero-order valence-corrected chi connectivity index (χ0v) is 13.0. The molecule has 1 unspecified atom stereocenters. The highest BCUT2D eigenvalue weighted by Gasteiger charge is 2.32. The van der Waals surface area contributed by atoms with Crippen LogP contribution in [0.1, 0.15) is 30.7 Å². The van der Waals surface area contributed by atoms with Crippen LogP contribution in [0.25, 0.3) is 0 Å². The number of carbonyl (C=O) groups excluding carboxylic acids is 1. The van der Waals surface area contributed by atoms with E-state index in [2.05, 4.69) is 29.4 Å². The van der Waals surface area contributed by atoms with Crippen LogP contribution in [0.3, 0.4) is 0 Å². The number of fused-ring (bicyclic) bond motifs is 1. The van der Waals surface area contributed by atoms with Crippen LogP contribution in [0, 0.1) is 0 Å². The Kier molecular flexibility index (Phi) is 4.15. The van der Waals surface area contributed by atoms with Gasteiger partial charge in [0.1, 0.15) is 0 Å². The summed E-state index contributed by atoms with van der Waals surface area (Å²) in [5, 5.41) is 3.39. The maximum atomic E-state index is 12.9. The maximum absolute atomic E-state index is 12.9. The average molecular weight is 287 g/mol. The maximum Gasteiger partial charge on any atom is 0.230 e. The highest BCUT2D eigenvalue weighted by Crippen LogP contribution is 2.33. The number of carbonyl (C=O) groups is 1. The molecular formula is C17H25N3O. The van der Waals surface area contributed by atoms with Gasteiger partial charge in [-0.1, -0.05) is 18.2 Å². The van der Waals surface area contributed by atoms with E-state index in [0.717, 1.165) is 50.1 Å². The Morgan fingerprint density at radius 2 is 1.95 bits per heavy atom. The Morgan fingerprint density at radius 1 is 1.24 bits per heavy atom. The van der Waals surface area contributed by atoms with Gasteiger partial charge in [-0.15, -0.1) is 0 Å². The Hall–Kier alpha value is -1.55. The van der Waals surface area contributed by atoms with Crippen molar-refractivity contribution in [1.29, 1.82) is 0 Å². The average Bonchev–Trinajstić information content (AvgIpc) is 2.53. The summed E-state index contributed by atoms with van der Waals surface area (Å²) >= 11 is 0. The summed E-state index contributed by atoms with van der Waals surface area (Å²) in [6, 6.07) is 8.62. The first-order chi connectivity index (χ1) is 10.2. The van der Waals surface area contributed by atoms with Crippen molar-refractivity contribution in [3.05, 3.63) is 29.8 Å². The van der Waals surface area contributed by atoms with Crippen molar-refractivity contribution >= 4 is 11.6 Å². The molecule has 1 saturated heterocycles. The second kappa shape index (κ2) is 6.06. The lowest BCUT2D eigenvalue weighted by molar-refractivity contribution is -0.134. The number of benzene rings is 1. The second-order valence-corrected chi connectivity index (χ2v) is 6.34. The van der Waals surface area contributed by atoms with Gasteiger partial charge in [0.25, 0.3) is 0 Å². The van der Waals surface area contributed by atoms with Gasteiger partial charge in [-0.2, -0.15) is 0 Å². The first-order valence-electron chi connectivity index (χ1n) is 7.95. The fourth-order valence-corrected chi connectivity index (χ4v) is 3.53. The van der Waals surface area contributed by atoms with Crippen molar-refractivity contribution in [2.24, 2.45) is 0 Å². The van der Waals surface area contributed by atoms with Crippen LogP contribution in [0.4, 0.5) is 5.69 Å². The van der Waals surface area contributed by atoms with Gasteiger partial charge in [-0.3, -0.25) is 4.79 Å². The number of likely N-dealkylation sites (tertiary alicyclic amines) is 1. The summed E-state index contributed by atoms with van der Waals surface area (Å²) < 4.78 is 0. The van der Waals surface area contributed by atoms with Crippen molar-refractivity contribution in [3.8, 4) is 0 Å². The lowest BCUT2D eigenvalue weighted by Gasteiger charge is -2.37. The molecule has 1 atom stereocenters. The molecule has 2 aliphatic heterocycles. The Bertz CT molecular complexity index is 509. The standard InChI is InChI=1S/C17H25N3O/c1-19-11-8-13(9-12-19)20(2)17(21)15-7-10-18-16-6-4-3-5-14(15)16/h3-6,13,15,18H,7-12H2,1-2H3. The molecule has 1 amide bonds. The number of rotatable bonds is 2.